The lowest BCUT2D eigenvalue weighted by molar-refractivity contribution is -0.139. The van der Waals surface area contributed by atoms with E-state index < -0.39 is 12.6 Å². The molecule has 0 aromatic heterocycles. The van der Waals surface area contributed by atoms with E-state index in [1.807, 2.05) is 31.2 Å². The summed E-state index contributed by atoms with van der Waals surface area (Å²) < 4.78 is 10.5. The van der Waals surface area contributed by atoms with E-state index >= 15 is 0 Å². The molecule has 1 N–H and O–H groups in total. The van der Waals surface area contributed by atoms with Crippen LogP contribution in [0.15, 0.2) is 42.5 Å². The second-order valence-electron chi connectivity index (χ2n) is 5.72. The molecule has 0 radical (unpaired) electrons. The van der Waals surface area contributed by atoms with Crippen molar-refractivity contribution < 1.29 is 24.2 Å². The molecule has 1 aliphatic heterocycles. The molecule has 1 amide bonds. The zero-order valence-electron chi connectivity index (χ0n) is 14.6. The number of aliphatic carboxylic acids is 1. The minimum Gasteiger partial charge on any atom is -0.493 e. The number of anilines is 1. The van der Waals surface area contributed by atoms with Crippen LogP contribution in [0.3, 0.4) is 0 Å². The summed E-state index contributed by atoms with van der Waals surface area (Å²) in [5.74, 6) is -0.359. The number of likely N-dealkylation sites (N-methyl/N-ethyl adjacent to an activating group) is 1. The molecule has 134 valence electrons. The number of carbonyl (C=O) groups is 2. The standard InChI is InChI=1S/C20H19NO5/c1-3-21-16-7-5-4-6-14(16)15(20(21)24)10-13-8-9-17(18(11-13)25-2)26-12-19(22)23/h4-11H,3,12H2,1-2H3,(H,22,23)/b15-10-. The number of ether oxygens (including phenoxy) is 2. The summed E-state index contributed by atoms with van der Waals surface area (Å²) in [5, 5.41) is 8.74. The number of para-hydroxylation sites is 1. The molecule has 6 nitrogen and oxygen atoms in total. The van der Waals surface area contributed by atoms with Crippen LogP contribution in [-0.4, -0.2) is 37.2 Å². The number of hydrogen-bond acceptors (Lipinski definition) is 4. The molecule has 0 saturated carbocycles. The Kier molecular flexibility index (Phi) is 4.93. The van der Waals surface area contributed by atoms with E-state index in [9.17, 15) is 9.59 Å². The fourth-order valence-corrected chi connectivity index (χ4v) is 2.96. The van der Waals surface area contributed by atoms with Gasteiger partial charge in [0.15, 0.2) is 18.1 Å². The average Bonchev–Trinajstić information content (AvgIpc) is 2.91. The summed E-state index contributed by atoms with van der Waals surface area (Å²) in [5.41, 5.74) is 3.17. The van der Waals surface area contributed by atoms with Crippen LogP contribution in [0.5, 0.6) is 11.5 Å². The molecule has 1 heterocycles. The number of methoxy groups -OCH3 is 1. The normalized spacial score (nSPS) is 14.5. The first-order valence-electron chi connectivity index (χ1n) is 8.20. The number of amides is 1. The Bertz CT molecular complexity index is 888. The third-order valence-corrected chi connectivity index (χ3v) is 4.13. The molecular formula is C20H19NO5. The van der Waals surface area contributed by atoms with Crippen LogP contribution < -0.4 is 14.4 Å². The molecular weight excluding hydrogens is 334 g/mol. The van der Waals surface area contributed by atoms with Crippen molar-refractivity contribution in [3.63, 3.8) is 0 Å². The monoisotopic (exact) mass is 353 g/mol. The zero-order chi connectivity index (χ0) is 18.7. The maximum atomic E-state index is 12.7. The van der Waals surface area contributed by atoms with Gasteiger partial charge >= 0.3 is 5.97 Å². The van der Waals surface area contributed by atoms with E-state index in [1.165, 1.54) is 7.11 Å². The van der Waals surface area contributed by atoms with E-state index in [2.05, 4.69) is 0 Å². The third-order valence-electron chi connectivity index (χ3n) is 4.13. The number of carbonyl (C=O) groups excluding carboxylic acids is 1. The molecule has 0 aliphatic carbocycles. The molecule has 0 fully saturated rings. The second kappa shape index (κ2) is 7.31. The number of carboxylic acid groups (broad SMARTS) is 1. The summed E-state index contributed by atoms with van der Waals surface area (Å²) in [6.07, 6.45) is 1.81. The topological polar surface area (TPSA) is 76.1 Å². The van der Waals surface area contributed by atoms with Gasteiger partial charge in [0.1, 0.15) is 0 Å². The van der Waals surface area contributed by atoms with Gasteiger partial charge in [-0.15, -0.1) is 0 Å². The highest BCUT2D eigenvalue weighted by Crippen LogP contribution is 2.38. The lowest BCUT2D eigenvalue weighted by Crippen LogP contribution is -2.25. The van der Waals surface area contributed by atoms with Gasteiger partial charge in [-0.2, -0.15) is 0 Å². The number of fused-ring (bicyclic) bond motifs is 1. The Morgan fingerprint density at radius 2 is 1.96 bits per heavy atom. The average molecular weight is 353 g/mol. The van der Waals surface area contributed by atoms with Crippen molar-refractivity contribution >= 4 is 29.2 Å². The van der Waals surface area contributed by atoms with Crippen molar-refractivity contribution in [1.82, 2.24) is 0 Å². The molecule has 2 aromatic carbocycles. The fourth-order valence-electron chi connectivity index (χ4n) is 2.96. The molecule has 26 heavy (non-hydrogen) atoms. The predicted molar refractivity (Wildman–Crippen MR) is 98.5 cm³/mol. The largest absolute Gasteiger partial charge is 0.493 e. The lowest BCUT2D eigenvalue weighted by Gasteiger charge is -2.13. The molecule has 0 atom stereocenters. The highest BCUT2D eigenvalue weighted by Gasteiger charge is 2.30. The van der Waals surface area contributed by atoms with Crippen molar-refractivity contribution in [2.75, 3.05) is 25.2 Å². The van der Waals surface area contributed by atoms with Crippen LogP contribution in [-0.2, 0) is 9.59 Å². The van der Waals surface area contributed by atoms with E-state index in [0.717, 1.165) is 16.8 Å². The van der Waals surface area contributed by atoms with Crippen LogP contribution in [0.2, 0.25) is 0 Å². The molecule has 6 heteroatoms. The molecule has 0 spiro atoms. The van der Waals surface area contributed by atoms with Gasteiger partial charge in [0.25, 0.3) is 5.91 Å². The van der Waals surface area contributed by atoms with Crippen molar-refractivity contribution in [3.8, 4) is 11.5 Å². The smallest absolute Gasteiger partial charge is 0.341 e. The quantitative estimate of drug-likeness (QED) is 0.808. The fraction of sp³-hybridized carbons (Fsp3) is 0.200. The number of hydrogen-bond donors (Lipinski definition) is 1. The highest BCUT2D eigenvalue weighted by molar-refractivity contribution is 6.35. The number of rotatable bonds is 6. The Hall–Kier alpha value is -3.28. The summed E-state index contributed by atoms with van der Waals surface area (Å²) in [4.78, 5) is 25.1. The first-order chi connectivity index (χ1) is 12.5. The van der Waals surface area contributed by atoms with Crippen LogP contribution in [0.4, 0.5) is 5.69 Å². The summed E-state index contributed by atoms with van der Waals surface area (Å²) >= 11 is 0. The highest BCUT2D eigenvalue weighted by atomic mass is 16.5. The maximum absolute atomic E-state index is 12.7. The van der Waals surface area contributed by atoms with Gasteiger partial charge in [-0.3, -0.25) is 4.79 Å². The Balaban J connectivity index is 1.97. The minimum atomic E-state index is -1.06. The van der Waals surface area contributed by atoms with Gasteiger partial charge in [0.2, 0.25) is 0 Å². The van der Waals surface area contributed by atoms with Crippen LogP contribution in [0.1, 0.15) is 18.1 Å². The van der Waals surface area contributed by atoms with Gasteiger partial charge in [-0.25, -0.2) is 4.79 Å². The maximum Gasteiger partial charge on any atom is 0.341 e. The summed E-state index contributed by atoms with van der Waals surface area (Å²) in [7, 11) is 1.48. The number of benzene rings is 2. The van der Waals surface area contributed by atoms with Gasteiger partial charge < -0.3 is 19.5 Å². The summed E-state index contributed by atoms with van der Waals surface area (Å²) in [6, 6.07) is 12.8. The third kappa shape index (κ3) is 3.26. The molecule has 0 unspecified atom stereocenters. The van der Waals surface area contributed by atoms with Crippen molar-refractivity contribution in [1.29, 1.82) is 0 Å². The van der Waals surface area contributed by atoms with Gasteiger partial charge in [-0.05, 0) is 36.8 Å². The van der Waals surface area contributed by atoms with Crippen molar-refractivity contribution in [2.45, 2.75) is 6.92 Å². The molecule has 0 bridgehead atoms. The number of nitrogens with zero attached hydrogens (tertiary/aromatic N) is 1. The Morgan fingerprint density at radius 1 is 1.19 bits per heavy atom. The van der Waals surface area contributed by atoms with E-state index in [1.54, 1.807) is 29.2 Å². The zero-order valence-corrected chi connectivity index (χ0v) is 14.6. The molecule has 1 aliphatic rings. The molecule has 2 aromatic rings. The molecule has 0 saturated heterocycles. The van der Waals surface area contributed by atoms with Gasteiger partial charge in [0, 0.05) is 17.7 Å². The minimum absolute atomic E-state index is 0.0427. The van der Waals surface area contributed by atoms with Crippen LogP contribution >= 0.6 is 0 Å². The Labute approximate surface area is 151 Å². The number of carboxylic acids is 1. The van der Waals surface area contributed by atoms with Crippen molar-refractivity contribution in [3.05, 3.63) is 53.6 Å². The van der Waals surface area contributed by atoms with Crippen LogP contribution in [0.25, 0.3) is 11.6 Å². The van der Waals surface area contributed by atoms with Gasteiger partial charge in [0.05, 0.1) is 12.8 Å². The second-order valence-corrected chi connectivity index (χ2v) is 5.72. The van der Waals surface area contributed by atoms with Crippen LogP contribution in [0, 0.1) is 0 Å². The Morgan fingerprint density at radius 3 is 2.65 bits per heavy atom. The van der Waals surface area contributed by atoms with E-state index in [-0.39, 0.29) is 5.91 Å². The van der Waals surface area contributed by atoms with Crippen molar-refractivity contribution in [2.24, 2.45) is 0 Å². The lowest BCUT2D eigenvalue weighted by atomic mass is 10.0. The van der Waals surface area contributed by atoms with Gasteiger partial charge in [-0.1, -0.05) is 24.3 Å². The first kappa shape index (κ1) is 17.5. The van der Waals surface area contributed by atoms with E-state index in [0.29, 0.717) is 23.6 Å². The molecule has 3 rings (SSSR count). The van der Waals surface area contributed by atoms with E-state index in [4.69, 9.17) is 14.6 Å². The SMILES string of the molecule is CCN1C(=O)/C(=C\c2ccc(OCC(=O)O)c(OC)c2)c2ccccc21. The first-order valence-corrected chi connectivity index (χ1v) is 8.20. The summed E-state index contributed by atoms with van der Waals surface area (Å²) in [6.45, 7) is 2.09. The predicted octanol–water partition coefficient (Wildman–Crippen LogP) is 3.07.